The molecule has 0 amide bonds. The second-order valence-corrected chi connectivity index (χ2v) is 5.96. The van der Waals surface area contributed by atoms with Crippen LogP contribution < -0.4 is 5.73 Å². The number of rotatable bonds is 9. The molecular weight excluding hydrogens is 286 g/mol. The highest BCUT2D eigenvalue weighted by Crippen LogP contribution is 2.21. The zero-order chi connectivity index (χ0) is 16.4. The maximum absolute atomic E-state index is 11.4. The molecule has 4 nitrogen and oxygen atoms in total. The third kappa shape index (κ3) is 7.16. The van der Waals surface area contributed by atoms with Crippen LogP contribution in [0.15, 0.2) is 23.3 Å². The average molecular weight is 315 g/mol. The lowest BCUT2D eigenvalue weighted by Crippen LogP contribution is -2.38. The summed E-state index contributed by atoms with van der Waals surface area (Å²) in [6.07, 6.45) is 6.51. The lowest BCUT2D eigenvalue weighted by atomic mass is 9.89. The fourth-order valence-corrected chi connectivity index (χ4v) is 2.28. The summed E-state index contributed by atoms with van der Waals surface area (Å²) in [5, 5.41) is 0. The van der Waals surface area contributed by atoms with Gasteiger partial charge < -0.3 is 15.2 Å². The molecular formula is C16H29NO3S. The summed E-state index contributed by atoms with van der Waals surface area (Å²) in [4.78, 5) is 11.4. The van der Waals surface area contributed by atoms with Crippen molar-refractivity contribution in [3.8, 4) is 0 Å². The van der Waals surface area contributed by atoms with Crippen LogP contribution in [0.2, 0.25) is 0 Å². The van der Waals surface area contributed by atoms with Gasteiger partial charge in [0.2, 0.25) is 0 Å². The molecule has 0 unspecified atom stereocenters. The number of ether oxygens (including phenoxy) is 2. The van der Waals surface area contributed by atoms with Crippen molar-refractivity contribution in [2.24, 2.45) is 11.7 Å². The standard InChI is InChI=1S/C16H29NO3S/c1-7-11(2)15(17)13(4)14(20-10-21-6)9-8-12(3)16(18)19-5/h7-8,13-15H,9-10,17H2,1-6H3/b11-7+,12-8+/t13-,14-,15+/m0/s1. The summed E-state index contributed by atoms with van der Waals surface area (Å²) in [7, 11) is 1.38. The molecule has 0 aliphatic rings. The lowest BCUT2D eigenvalue weighted by molar-refractivity contribution is -0.136. The summed E-state index contributed by atoms with van der Waals surface area (Å²) in [6, 6.07) is -0.0475. The highest BCUT2D eigenvalue weighted by atomic mass is 32.2. The van der Waals surface area contributed by atoms with Gasteiger partial charge in [-0.2, -0.15) is 0 Å². The molecule has 0 fully saturated rings. The molecule has 2 N–H and O–H groups in total. The van der Waals surface area contributed by atoms with Crippen molar-refractivity contribution in [3.05, 3.63) is 23.3 Å². The van der Waals surface area contributed by atoms with Gasteiger partial charge >= 0.3 is 5.97 Å². The Hall–Kier alpha value is -0.780. The van der Waals surface area contributed by atoms with Crippen molar-refractivity contribution in [2.45, 2.75) is 46.3 Å². The van der Waals surface area contributed by atoms with Crippen LogP contribution in [0, 0.1) is 5.92 Å². The summed E-state index contributed by atoms with van der Waals surface area (Å²) in [6.45, 7) is 7.85. The van der Waals surface area contributed by atoms with Crippen LogP contribution in [-0.4, -0.2) is 37.4 Å². The second kappa shape index (κ2) is 10.9. The van der Waals surface area contributed by atoms with E-state index in [4.69, 9.17) is 15.2 Å². The van der Waals surface area contributed by atoms with Crippen molar-refractivity contribution in [1.29, 1.82) is 0 Å². The topological polar surface area (TPSA) is 61.6 Å². The number of hydrogen-bond acceptors (Lipinski definition) is 5. The van der Waals surface area contributed by atoms with Crippen molar-refractivity contribution in [1.82, 2.24) is 0 Å². The number of thioether (sulfide) groups is 1. The molecule has 0 saturated carbocycles. The number of esters is 1. The minimum absolute atomic E-state index is 0.0260. The Morgan fingerprint density at radius 1 is 1.38 bits per heavy atom. The van der Waals surface area contributed by atoms with Crippen molar-refractivity contribution < 1.29 is 14.3 Å². The molecule has 0 aromatic carbocycles. The third-order valence-electron chi connectivity index (χ3n) is 3.70. The van der Waals surface area contributed by atoms with Crippen molar-refractivity contribution in [3.63, 3.8) is 0 Å². The summed E-state index contributed by atoms with van der Waals surface area (Å²) in [5.41, 5.74) is 8.01. The van der Waals surface area contributed by atoms with E-state index >= 15 is 0 Å². The molecule has 0 aliphatic carbocycles. The fraction of sp³-hybridized carbons (Fsp3) is 0.688. The Kier molecular flexibility index (Phi) is 10.5. The molecule has 0 bridgehead atoms. The van der Waals surface area contributed by atoms with Gasteiger partial charge in [-0.15, -0.1) is 11.8 Å². The number of methoxy groups -OCH3 is 1. The molecule has 0 aromatic heterocycles. The average Bonchev–Trinajstić information content (AvgIpc) is 2.51. The van der Waals surface area contributed by atoms with Crippen LogP contribution in [0.3, 0.4) is 0 Å². The van der Waals surface area contributed by atoms with Gasteiger partial charge in [0.05, 0.1) is 19.2 Å². The first kappa shape index (κ1) is 20.2. The smallest absolute Gasteiger partial charge is 0.333 e. The zero-order valence-electron chi connectivity index (χ0n) is 14.0. The van der Waals surface area contributed by atoms with E-state index in [-0.39, 0.29) is 24.0 Å². The predicted molar refractivity (Wildman–Crippen MR) is 90.2 cm³/mol. The number of nitrogens with two attached hydrogens (primary N) is 1. The first-order chi connectivity index (χ1) is 9.88. The first-order valence-corrected chi connectivity index (χ1v) is 8.52. The largest absolute Gasteiger partial charge is 0.466 e. The third-order valence-corrected chi connectivity index (χ3v) is 4.07. The van der Waals surface area contributed by atoms with Gasteiger partial charge in [0.1, 0.15) is 0 Å². The highest BCUT2D eigenvalue weighted by Gasteiger charge is 2.24. The van der Waals surface area contributed by atoms with Gasteiger partial charge in [0, 0.05) is 17.5 Å². The van der Waals surface area contributed by atoms with Crippen LogP contribution in [0.4, 0.5) is 0 Å². The van der Waals surface area contributed by atoms with Gasteiger partial charge in [0.15, 0.2) is 0 Å². The molecule has 3 atom stereocenters. The highest BCUT2D eigenvalue weighted by molar-refractivity contribution is 7.98. The van der Waals surface area contributed by atoms with E-state index in [1.165, 1.54) is 7.11 Å². The van der Waals surface area contributed by atoms with Gasteiger partial charge in [-0.1, -0.05) is 24.6 Å². The SMILES string of the molecule is C/C=C(\C)[C@@H](N)[C@@H](C)[C@H](C/C=C(\C)C(=O)OC)OCSC. The minimum atomic E-state index is -0.305. The van der Waals surface area contributed by atoms with E-state index in [9.17, 15) is 4.79 Å². The van der Waals surface area contributed by atoms with Crippen LogP contribution >= 0.6 is 11.8 Å². The Labute approximate surface area is 133 Å². The van der Waals surface area contributed by atoms with Crippen molar-refractivity contribution >= 4 is 17.7 Å². The van der Waals surface area contributed by atoms with Crippen LogP contribution in [-0.2, 0) is 14.3 Å². The molecule has 0 saturated heterocycles. The van der Waals surface area contributed by atoms with Gasteiger partial charge in [0.25, 0.3) is 0 Å². The number of carbonyl (C=O) groups is 1. The van der Waals surface area contributed by atoms with Crippen molar-refractivity contribution in [2.75, 3.05) is 19.3 Å². The number of allylic oxidation sites excluding steroid dienone is 1. The quantitative estimate of drug-likeness (QED) is 0.306. The molecule has 122 valence electrons. The van der Waals surface area contributed by atoms with E-state index in [0.717, 1.165) is 5.57 Å². The van der Waals surface area contributed by atoms with E-state index in [1.807, 2.05) is 32.3 Å². The lowest BCUT2D eigenvalue weighted by Gasteiger charge is -2.29. The van der Waals surface area contributed by atoms with Gasteiger partial charge in [-0.3, -0.25) is 0 Å². The van der Waals surface area contributed by atoms with Gasteiger partial charge in [-0.05, 0) is 33.4 Å². The first-order valence-electron chi connectivity index (χ1n) is 7.13. The van der Waals surface area contributed by atoms with Crippen LogP contribution in [0.5, 0.6) is 0 Å². The summed E-state index contributed by atoms with van der Waals surface area (Å²) >= 11 is 1.63. The van der Waals surface area contributed by atoms with Crippen LogP contribution in [0.25, 0.3) is 0 Å². The van der Waals surface area contributed by atoms with E-state index in [1.54, 1.807) is 18.7 Å². The second-order valence-electron chi connectivity index (χ2n) is 5.14. The molecule has 0 aromatic rings. The molecule has 0 radical (unpaired) electrons. The van der Waals surface area contributed by atoms with Gasteiger partial charge in [-0.25, -0.2) is 4.79 Å². The normalized spacial score (nSPS) is 17.3. The summed E-state index contributed by atoms with van der Waals surface area (Å²) in [5.74, 6) is 0.470. The molecule has 0 aliphatic heterocycles. The monoisotopic (exact) mass is 315 g/mol. The zero-order valence-corrected chi connectivity index (χ0v) is 14.8. The van der Waals surface area contributed by atoms with Crippen LogP contribution in [0.1, 0.15) is 34.1 Å². The molecule has 0 rings (SSSR count). The number of carbonyl (C=O) groups excluding carboxylic acids is 1. The molecule has 0 spiro atoms. The predicted octanol–water partition coefficient (Wildman–Crippen LogP) is 3.13. The van der Waals surface area contributed by atoms with E-state index < -0.39 is 0 Å². The Morgan fingerprint density at radius 2 is 2.00 bits per heavy atom. The Balaban J connectivity index is 4.90. The molecule has 0 heterocycles. The Morgan fingerprint density at radius 3 is 2.48 bits per heavy atom. The minimum Gasteiger partial charge on any atom is -0.466 e. The molecule has 5 heteroatoms. The fourth-order valence-electron chi connectivity index (χ4n) is 1.97. The summed E-state index contributed by atoms with van der Waals surface area (Å²) < 4.78 is 10.6. The molecule has 21 heavy (non-hydrogen) atoms. The maximum Gasteiger partial charge on any atom is 0.333 e. The number of hydrogen-bond donors (Lipinski definition) is 1. The van der Waals surface area contributed by atoms with E-state index in [0.29, 0.717) is 17.9 Å². The maximum atomic E-state index is 11.4. The Bertz CT molecular complexity index is 380. The van der Waals surface area contributed by atoms with E-state index in [2.05, 4.69) is 6.92 Å².